The highest BCUT2D eigenvalue weighted by Crippen LogP contribution is 2.11. The van der Waals surface area contributed by atoms with Gasteiger partial charge in [-0.3, -0.25) is 0 Å². The third kappa shape index (κ3) is 7.74. The van der Waals surface area contributed by atoms with E-state index in [2.05, 4.69) is 5.32 Å². The van der Waals surface area contributed by atoms with Crippen molar-refractivity contribution in [2.24, 2.45) is 0 Å². The van der Waals surface area contributed by atoms with E-state index in [1.165, 1.54) is 5.56 Å². The third-order valence-corrected chi connectivity index (χ3v) is 2.79. The number of benzene rings is 1. The first kappa shape index (κ1) is 15.9. The third-order valence-electron chi connectivity index (χ3n) is 2.79. The molecule has 0 aliphatic heterocycles. The number of aryl methyl sites for hydroxylation is 1. The fourth-order valence-electron chi connectivity index (χ4n) is 1.70. The van der Waals surface area contributed by atoms with Gasteiger partial charge in [0.25, 0.3) is 6.43 Å². The molecule has 1 unspecified atom stereocenters. The van der Waals surface area contributed by atoms with Gasteiger partial charge in [-0.1, -0.05) is 12.1 Å². The van der Waals surface area contributed by atoms with Crippen LogP contribution in [0.4, 0.5) is 8.78 Å². The summed E-state index contributed by atoms with van der Waals surface area (Å²) in [5.41, 5.74) is 1.17. The van der Waals surface area contributed by atoms with Gasteiger partial charge in [-0.2, -0.15) is 0 Å². The van der Waals surface area contributed by atoms with Crippen molar-refractivity contribution in [1.82, 2.24) is 5.32 Å². The summed E-state index contributed by atoms with van der Waals surface area (Å²) >= 11 is 0. The number of aromatic hydroxyl groups is 1. The molecule has 0 heterocycles. The number of hydrogen-bond donors (Lipinski definition) is 2. The molecule has 0 spiro atoms. The molecule has 2 N–H and O–H groups in total. The van der Waals surface area contributed by atoms with E-state index in [9.17, 15) is 8.78 Å². The van der Waals surface area contributed by atoms with Gasteiger partial charge in [0.15, 0.2) is 0 Å². The Morgan fingerprint density at radius 2 is 1.95 bits per heavy atom. The Kier molecular flexibility index (Phi) is 7.36. The standard InChI is InChI=1S/C14H21F2NO2/c1-11(17-8-9-19-10-14(15)16)2-3-12-4-6-13(18)7-5-12/h4-7,11,14,17-18H,2-3,8-10H2,1H3. The highest BCUT2D eigenvalue weighted by molar-refractivity contribution is 5.25. The van der Waals surface area contributed by atoms with Gasteiger partial charge in [0, 0.05) is 12.6 Å². The van der Waals surface area contributed by atoms with Gasteiger partial charge >= 0.3 is 0 Å². The van der Waals surface area contributed by atoms with Gasteiger partial charge in [-0.25, -0.2) is 8.78 Å². The SMILES string of the molecule is CC(CCc1ccc(O)cc1)NCCOCC(F)F. The molecule has 1 aromatic rings. The summed E-state index contributed by atoms with van der Waals surface area (Å²) in [6.07, 6.45) is -0.543. The van der Waals surface area contributed by atoms with Crippen LogP contribution in [0.5, 0.6) is 5.75 Å². The van der Waals surface area contributed by atoms with Crippen molar-refractivity contribution in [3.05, 3.63) is 29.8 Å². The monoisotopic (exact) mass is 273 g/mol. The van der Waals surface area contributed by atoms with Crippen molar-refractivity contribution < 1.29 is 18.6 Å². The number of alkyl halides is 2. The lowest BCUT2D eigenvalue weighted by molar-refractivity contribution is 0.0183. The van der Waals surface area contributed by atoms with E-state index in [1.807, 2.05) is 19.1 Å². The van der Waals surface area contributed by atoms with Crippen molar-refractivity contribution in [1.29, 1.82) is 0 Å². The van der Waals surface area contributed by atoms with Gasteiger partial charge < -0.3 is 15.2 Å². The van der Waals surface area contributed by atoms with Crippen LogP contribution in [0.25, 0.3) is 0 Å². The fraction of sp³-hybridized carbons (Fsp3) is 0.571. The highest BCUT2D eigenvalue weighted by Gasteiger charge is 2.04. The number of rotatable bonds is 9. The van der Waals surface area contributed by atoms with E-state index in [4.69, 9.17) is 9.84 Å². The first-order chi connectivity index (χ1) is 9.08. The van der Waals surface area contributed by atoms with E-state index in [-0.39, 0.29) is 5.75 Å². The van der Waals surface area contributed by atoms with Gasteiger partial charge in [-0.15, -0.1) is 0 Å². The lowest BCUT2D eigenvalue weighted by Crippen LogP contribution is -2.30. The minimum atomic E-state index is -2.40. The Labute approximate surface area is 112 Å². The van der Waals surface area contributed by atoms with Gasteiger partial charge in [0.1, 0.15) is 12.4 Å². The predicted molar refractivity (Wildman–Crippen MR) is 70.7 cm³/mol. The zero-order valence-electron chi connectivity index (χ0n) is 11.1. The van der Waals surface area contributed by atoms with Crippen LogP contribution in [-0.2, 0) is 11.2 Å². The summed E-state index contributed by atoms with van der Waals surface area (Å²) < 4.78 is 28.4. The van der Waals surface area contributed by atoms with Crippen LogP contribution in [0.3, 0.4) is 0 Å². The summed E-state index contributed by atoms with van der Waals surface area (Å²) in [5.74, 6) is 0.270. The largest absolute Gasteiger partial charge is 0.508 e. The van der Waals surface area contributed by atoms with E-state index in [0.717, 1.165) is 12.8 Å². The van der Waals surface area contributed by atoms with Crippen molar-refractivity contribution in [2.45, 2.75) is 32.2 Å². The molecule has 0 saturated carbocycles. The number of halogens is 2. The molecule has 3 nitrogen and oxygen atoms in total. The number of phenolic OH excluding ortho intramolecular Hbond substituents is 1. The molecule has 1 rings (SSSR count). The Balaban J connectivity index is 2.07. The van der Waals surface area contributed by atoms with Crippen LogP contribution in [0, 0.1) is 0 Å². The number of phenols is 1. The Bertz CT molecular complexity index is 344. The average Bonchev–Trinajstić information content (AvgIpc) is 2.37. The Morgan fingerprint density at radius 1 is 1.26 bits per heavy atom. The molecule has 19 heavy (non-hydrogen) atoms. The van der Waals surface area contributed by atoms with Gasteiger partial charge in [-0.05, 0) is 37.5 Å². The summed E-state index contributed by atoms with van der Waals surface area (Å²) in [7, 11) is 0. The summed E-state index contributed by atoms with van der Waals surface area (Å²) in [4.78, 5) is 0. The smallest absolute Gasteiger partial charge is 0.261 e. The maximum absolute atomic E-state index is 11.8. The first-order valence-electron chi connectivity index (χ1n) is 6.45. The molecule has 0 saturated heterocycles. The average molecular weight is 273 g/mol. The maximum atomic E-state index is 11.8. The fourth-order valence-corrected chi connectivity index (χ4v) is 1.70. The van der Waals surface area contributed by atoms with Crippen molar-refractivity contribution in [3.8, 4) is 5.75 Å². The second kappa shape index (κ2) is 8.82. The molecule has 0 aliphatic rings. The zero-order chi connectivity index (χ0) is 14.1. The molecular formula is C14H21F2NO2. The van der Waals surface area contributed by atoms with Crippen LogP contribution in [0.15, 0.2) is 24.3 Å². The topological polar surface area (TPSA) is 41.5 Å². The van der Waals surface area contributed by atoms with E-state index < -0.39 is 13.0 Å². The molecule has 0 radical (unpaired) electrons. The maximum Gasteiger partial charge on any atom is 0.261 e. The van der Waals surface area contributed by atoms with Crippen molar-refractivity contribution >= 4 is 0 Å². The van der Waals surface area contributed by atoms with E-state index in [1.54, 1.807) is 12.1 Å². The van der Waals surface area contributed by atoms with Gasteiger partial charge in [0.05, 0.1) is 6.61 Å². The first-order valence-corrected chi connectivity index (χ1v) is 6.45. The molecule has 108 valence electrons. The zero-order valence-corrected chi connectivity index (χ0v) is 11.1. The van der Waals surface area contributed by atoms with E-state index in [0.29, 0.717) is 19.2 Å². The molecule has 1 atom stereocenters. The number of hydrogen-bond acceptors (Lipinski definition) is 3. The van der Waals surface area contributed by atoms with Crippen molar-refractivity contribution in [2.75, 3.05) is 19.8 Å². The second-order valence-corrected chi connectivity index (χ2v) is 4.53. The number of nitrogens with one attached hydrogen (secondary N) is 1. The Hall–Kier alpha value is -1.20. The summed E-state index contributed by atoms with van der Waals surface area (Å²) in [5, 5.41) is 12.4. The molecule has 0 fully saturated rings. The van der Waals surface area contributed by atoms with E-state index >= 15 is 0 Å². The molecular weight excluding hydrogens is 252 g/mol. The van der Waals surface area contributed by atoms with Crippen LogP contribution in [-0.4, -0.2) is 37.3 Å². The molecule has 0 amide bonds. The van der Waals surface area contributed by atoms with Crippen LogP contribution >= 0.6 is 0 Å². The number of ether oxygens (including phenoxy) is 1. The lowest BCUT2D eigenvalue weighted by Gasteiger charge is -2.13. The molecule has 0 aromatic heterocycles. The highest BCUT2D eigenvalue weighted by atomic mass is 19.3. The second-order valence-electron chi connectivity index (χ2n) is 4.53. The molecule has 0 aliphatic carbocycles. The normalized spacial score (nSPS) is 12.8. The minimum Gasteiger partial charge on any atom is -0.508 e. The van der Waals surface area contributed by atoms with Crippen LogP contribution in [0.2, 0.25) is 0 Å². The Morgan fingerprint density at radius 3 is 2.58 bits per heavy atom. The van der Waals surface area contributed by atoms with Crippen LogP contribution < -0.4 is 5.32 Å². The summed E-state index contributed by atoms with van der Waals surface area (Å²) in [6, 6.07) is 7.43. The molecule has 5 heteroatoms. The van der Waals surface area contributed by atoms with Crippen LogP contribution in [0.1, 0.15) is 18.9 Å². The predicted octanol–water partition coefficient (Wildman–Crippen LogP) is 2.58. The van der Waals surface area contributed by atoms with Gasteiger partial charge in [0.2, 0.25) is 0 Å². The van der Waals surface area contributed by atoms with Crippen molar-refractivity contribution in [3.63, 3.8) is 0 Å². The quantitative estimate of drug-likeness (QED) is 0.679. The minimum absolute atomic E-state index is 0.270. The molecule has 0 bridgehead atoms. The lowest BCUT2D eigenvalue weighted by atomic mass is 10.1. The molecule has 1 aromatic carbocycles. The summed E-state index contributed by atoms with van der Waals surface area (Å²) in [6.45, 7) is 2.43.